The molecule has 3 unspecified atom stereocenters. The van der Waals surface area contributed by atoms with Crippen LogP contribution in [0.2, 0.25) is 0 Å². The lowest BCUT2D eigenvalue weighted by molar-refractivity contribution is 0.0806. The number of hydrogen-bond donors (Lipinski definition) is 1. The second-order valence-electron chi connectivity index (χ2n) is 6.37. The van der Waals surface area contributed by atoms with Crippen molar-refractivity contribution >= 4 is 11.3 Å². The quantitative estimate of drug-likeness (QED) is 0.917. The standard InChI is InChI=1S/C15H21N3OS/c1-9-12(16)5-4-11(15(9,2)3)14-17-13(18-19-14)10-6-7-20-8-10/h6-9,11-12H,4-5,16H2,1-3H3. The van der Waals surface area contributed by atoms with E-state index in [1.165, 1.54) is 0 Å². The van der Waals surface area contributed by atoms with E-state index in [0.717, 1.165) is 24.3 Å². The van der Waals surface area contributed by atoms with Gasteiger partial charge >= 0.3 is 0 Å². The van der Waals surface area contributed by atoms with Crippen molar-refractivity contribution in [1.29, 1.82) is 0 Å². The molecule has 108 valence electrons. The lowest BCUT2D eigenvalue weighted by Crippen LogP contribution is -2.45. The summed E-state index contributed by atoms with van der Waals surface area (Å²) in [7, 11) is 0. The van der Waals surface area contributed by atoms with Crippen LogP contribution in [-0.4, -0.2) is 16.2 Å². The Morgan fingerprint density at radius 2 is 2.20 bits per heavy atom. The number of rotatable bonds is 2. The lowest BCUT2D eigenvalue weighted by Gasteiger charge is -2.45. The molecule has 3 atom stereocenters. The third kappa shape index (κ3) is 2.19. The van der Waals surface area contributed by atoms with Crippen LogP contribution in [0.5, 0.6) is 0 Å². The zero-order valence-corrected chi connectivity index (χ0v) is 13.0. The molecule has 20 heavy (non-hydrogen) atoms. The fourth-order valence-corrected chi connectivity index (χ4v) is 3.81. The second-order valence-corrected chi connectivity index (χ2v) is 7.15. The molecule has 2 heterocycles. The Bertz CT molecular complexity index is 576. The number of thiophene rings is 1. The number of nitrogens with two attached hydrogens (primary N) is 1. The summed E-state index contributed by atoms with van der Waals surface area (Å²) in [5, 5.41) is 8.20. The van der Waals surface area contributed by atoms with Crippen molar-refractivity contribution in [3.63, 3.8) is 0 Å². The Morgan fingerprint density at radius 3 is 2.90 bits per heavy atom. The zero-order valence-electron chi connectivity index (χ0n) is 12.2. The molecule has 0 aromatic carbocycles. The molecule has 3 rings (SSSR count). The minimum atomic E-state index is 0.0795. The van der Waals surface area contributed by atoms with Crippen molar-refractivity contribution in [3.05, 3.63) is 22.7 Å². The summed E-state index contributed by atoms with van der Waals surface area (Å²) >= 11 is 1.64. The van der Waals surface area contributed by atoms with Gasteiger partial charge in [0.05, 0.1) is 0 Å². The predicted octanol–water partition coefficient (Wildman–Crippen LogP) is 3.67. The zero-order chi connectivity index (χ0) is 14.3. The monoisotopic (exact) mass is 291 g/mol. The van der Waals surface area contributed by atoms with Gasteiger partial charge in [0.15, 0.2) is 0 Å². The highest BCUT2D eigenvalue weighted by Gasteiger charge is 2.44. The van der Waals surface area contributed by atoms with Gasteiger partial charge in [0, 0.05) is 22.9 Å². The Balaban J connectivity index is 1.89. The van der Waals surface area contributed by atoms with E-state index in [0.29, 0.717) is 11.7 Å². The minimum absolute atomic E-state index is 0.0795. The third-order valence-electron chi connectivity index (χ3n) is 5.02. The maximum absolute atomic E-state index is 6.21. The number of hydrogen-bond acceptors (Lipinski definition) is 5. The van der Waals surface area contributed by atoms with Gasteiger partial charge in [0.25, 0.3) is 0 Å². The van der Waals surface area contributed by atoms with Gasteiger partial charge in [-0.25, -0.2) is 0 Å². The highest BCUT2D eigenvalue weighted by molar-refractivity contribution is 7.08. The lowest BCUT2D eigenvalue weighted by atomic mass is 9.61. The first-order chi connectivity index (χ1) is 9.50. The highest BCUT2D eigenvalue weighted by atomic mass is 32.1. The molecule has 0 radical (unpaired) electrons. The summed E-state index contributed by atoms with van der Waals surface area (Å²) in [6.45, 7) is 6.75. The van der Waals surface area contributed by atoms with Crippen molar-refractivity contribution in [2.75, 3.05) is 0 Å². The summed E-state index contributed by atoms with van der Waals surface area (Å²) < 4.78 is 5.55. The molecular formula is C15H21N3OS. The molecule has 0 aliphatic heterocycles. The van der Waals surface area contributed by atoms with Gasteiger partial charge in [-0.2, -0.15) is 16.3 Å². The second kappa shape index (κ2) is 4.97. The first-order valence-corrected chi connectivity index (χ1v) is 8.06. The average molecular weight is 291 g/mol. The predicted molar refractivity (Wildman–Crippen MR) is 80.5 cm³/mol. The van der Waals surface area contributed by atoms with Crippen LogP contribution in [0.1, 0.15) is 45.4 Å². The fourth-order valence-electron chi connectivity index (χ4n) is 3.18. The van der Waals surface area contributed by atoms with E-state index in [1.807, 2.05) is 16.8 Å². The van der Waals surface area contributed by atoms with Crippen molar-refractivity contribution in [2.45, 2.75) is 45.6 Å². The summed E-state index contributed by atoms with van der Waals surface area (Å²) in [6, 6.07) is 2.28. The van der Waals surface area contributed by atoms with Crippen LogP contribution in [0, 0.1) is 11.3 Å². The van der Waals surface area contributed by atoms with E-state index in [4.69, 9.17) is 10.3 Å². The summed E-state index contributed by atoms with van der Waals surface area (Å²) in [6.07, 6.45) is 2.04. The van der Waals surface area contributed by atoms with Crippen LogP contribution in [-0.2, 0) is 0 Å². The smallest absolute Gasteiger partial charge is 0.230 e. The van der Waals surface area contributed by atoms with Crippen LogP contribution in [0.25, 0.3) is 11.4 Å². The van der Waals surface area contributed by atoms with Crippen molar-refractivity contribution in [2.24, 2.45) is 17.1 Å². The highest BCUT2D eigenvalue weighted by Crippen LogP contribution is 2.49. The van der Waals surface area contributed by atoms with E-state index in [9.17, 15) is 0 Å². The van der Waals surface area contributed by atoms with E-state index >= 15 is 0 Å². The van der Waals surface area contributed by atoms with Crippen molar-refractivity contribution in [3.8, 4) is 11.4 Å². The summed E-state index contributed by atoms with van der Waals surface area (Å²) in [4.78, 5) is 4.62. The van der Waals surface area contributed by atoms with Crippen LogP contribution in [0.4, 0.5) is 0 Å². The van der Waals surface area contributed by atoms with Crippen molar-refractivity contribution in [1.82, 2.24) is 10.1 Å². The fraction of sp³-hybridized carbons (Fsp3) is 0.600. The molecule has 1 fully saturated rings. The van der Waals surface area contributed by atoms with E-state index in [-0.39, 0.29) is 17.4 Å². The Kier molecular flexibility index (Phi) is 3.42. The van der Waals surface area contributed by atoms with Gasteiger partial charge in [-0.15, -0.1) is 0 Å². The molecule has 0 amide bonds. The molecule has 2 aromatic rings. The van der Waals surface area contributed by atoms with Gasteiger partial charge in [0.2, 0.25) is 11.7 Å². The van der Waals surface area contributed by atoms with Gasteiger partial charge in [-0.3, -0.25) is 0 Å². The molecule has 0 bridgehead atoms. The maximum Gasteiger partial charge on any atom is 0.230 e. The normalized spacial score (nSPS) is 29.5. The van der Waals surface area contributed by atoms with Crippen LogP contribution in [0.3, 0.4) is 0 Å². The van der Waals surface area contributed by atoms with E-state index < -0.39 is 0 Å². The van der Waals surface area contributed by atoms with Gasteiger partial charge in [-0.1, -0.05) is 25.9 Å². The molecule has 2 aromatic heterocycles. The van der Waals surface area contributed by atoms with Crippen molar-refractivity contribution < 1.29 is 4.52 Å². The first-order valence-electron chi connectivity index (χ1n) is 7.12. The molecule has 1 aliphatic rings. The first kappa shape index (κ1) is 13.8. The minimum Gasteiger partial charge on any atom is -0.339 e. The molecule has 2 N–H and O–H groups in total. The third-order valence-corrected chi connectivity index (χ3v) is 5.71. The van der Waals surface area contributed by atoms with Crippen LogP contribution < -0.4 is 5.73 Å². The largest absolute Gasteiger partial charge is 0.339 e. The molecule has 1 saturated carbocycles. The summed E-state index contributed by atoms with van der Waals surface area (Å²) in [5.41, 5.74) is 7.32. The molecule has 4 nitrogen and oxygen atoms in total. The molecule has 1 aliphatic carbocycles. The Hall–Kier alpha value is -1.20. The van der Waals surface area contributed by atoms with Gasteiger partial charge < -0.3 is 10.3 Å². The molecular weight excluding hydrogens is 270 g/mol. The molecule has 5 heteroatoms. The van der Waals surface area contributed by atoms with Gasteiger partial charge in [0.1, 0.15) is 0 Å². The molecule has 0 spiro atoms. The van der Waals surface area contributed by atoms with E-state index in [1.54, 1.807) is 11.3 Å². The SMILES string of the molecule is CC1C(N)CCC(c2nc(-c3ccsc3)no2)C1(C)C. The van der Waals surface area contributed by atoms with Crippen LogP contribution in [0.15, 0.2) is 21.3 Å². The topological polar surface area (TPSA) is 64.9 Å². The Labute approximate surface area is 123 Å². The van der Waals surface area contributed by atoms with E-state index in [2.05, 4.69) is 30.9 Å². The Morgan fingerprint density at radius 1 is 1.40 bits per heavy atom. The number of nitrogens with zero attached hydrogens (tertiary/aromatic N) is 2. The van der Waals surface area contributed by atoms with Gasteiger partial charge in [-0.05, 0) is 35.6 Å². The average Bonchev–Trinajstić information content (AvgIpc) is 3.06. The summed E-state index contributed by atoms with van der Waals surface area (Å²) in [5.74, 6) is 2.18. The number of aromatic nitrogens is 2. The molecule has 0 saturated heterocycles. The van der Waals surface area contributed by atoms with Crippen LogP contribution >= 0.6 is 11.3 Å². The maximum atomic E-state index is 6.21.